The summed E-state index contributed by atoms with van der Waals surface area (Å²) < 4.78 is 12.6. The van der Waals surface area contributed by atoms with Gasteiger partial charge in [-0.25, -0.2) is 0 Å². The maximum absolute atomic E-state index is 14.0. The zero-order valence-electron chi connectivity index (χ0n) is 17.7. The van der Waals surface area contributed by atoms with Crippen LogP contribution in [0.15, 0.2) is 65.5 Å². The number of carbonyl (C=O) groups is 1. The van der Waals surface area contributed by atoms with Gasteiger partial charge in [-0.1, -0.05) is 0 Å². The molecule has 31 heavy (non-hydrogen) atoms. The van der Waals surface area contributed by atoms with Crippen LogP contribution in [0.2, 0.25) is 0 Å². The van der Waals surface area contributed by atoms with E-state index >= 15 is 0 Å². The summed E-state index contributed by atoms with van der Waals surface area (Å²) in [7, 11) is 2.02. The van der Waals surface area contributed by atoms with Gasteiger partial charge in [-0.2, -0.15) is 0 Å². The number of Topliss-reactive ketones (excluding diaryl/α,β-unsaturated/α-hetero) is 1. The molecule has 4 nitrogen and oxygen atoms in total. The topological polar surface area (TPSA) is 38.8 Å². The number of fused-ring (bicyclic) bond motifs is 4. The van der Waals surface area contributed by atoms with Gasteiger partial charge in [-0.05, 0) is 0 Å². The van der Waals surface area contributed by atoms with Crippen molar-refractivity contribution in [1.29, 1.82) is 0 Å². The molecule has 2 aliphatic carbocycles. The molecule has 3 aliphatic rings. The van der Waals surface area contributed by atoms with Crippen molar-refractivity contribution < 1.29 is 29.3 Å². The number of aryl methyl sites for hydroxylation is 1. The number of rotatable bonds is 3. The van der Waals surface area contributed by atoms with E-state index < -0.39 is 0 Å². The molecular weight excluding hydrogens is 433 g/mol. The number of benzene rings is 2. The van der Waals surface area contributed by atoms with Crippen molar-refractivity contribution in [1.82, 2.24) is 0 Å². The van der Waals surface area contributed by atoms with Crippen molar-refractivity contribution in [2.24, 2.45) is 0 Å². The number of ether oxygens (including phenoxy) is 2. The molecule has 5 heteroatoms. The van der Waals surface area contributed by atoms with Crippen molar-refractivity contribution in [3.63, 3.8) is 0 Å². The van der Waals surface area contributed by atoms with Gasteiger partial charge in [0.2, 0.25) is 0 Å². The number of ketones is 1. The van der Waals surface area contributed by atoms with Gasteiger partial charge in [-0.15, -0.1) is 0 Å². The predicted octanol–water partition coefficient (Wildman–Crippen LogP) is 4.40. The Morgan fingerprint density at radius 1 is 1.10 bits per heavy atom. The molecule has 160 valence electrons. The molecule has 5 rings (SSSR count). The molecule has 2 aromatic rings. The van der Waals surface area contributed by atoms with E-state index in [1.165, 1.54) is 0 Å². The number of allylic oxidation sites excluding steroid dienone is 4. The van der Waals surface area contributed by atoms with Crippen LogP contribution >= 0.6 is 0 Å². The Labute approximate surface area is 189 Å². The van der Waals surface area contributed by atoms with Crippen LogP contribution in [-0.2, 0) is 19.8 Å². The van der Waals surface area contributed by atoms with Crippen LogP contribution in [0.1, 0.15) is 34.0 Å². The molecule has 1 heterocycles. The van der Waals surface area contributed by atoms with Crippen molar-refractivity contribution >= 4 is 21.5 Å². The maximum atomic E-state index is 14.0. The van der Waals surface area contributed by atoms with E-state index in [1.54, 1.807) is 0 Å². The molecule has 0 N–H and O–H groups in total. The van der Waals surface area contributed by atoms with Crippen molar-refractivity contribution in [3.05, 3.63) is 87.7 Å². The van der Waals surface area contributed by atoms with Crippen LogP contribution in [0, 0.1) is 6.92 Å². The average molecular weight is 456 g/mol. The summed E-state index contributed by atoms with van der Waals surface area (Å²) >= 11 is 5.19. The van der Waals surface area contributed by atoms with Gasteiger partial charge in [0, 0.05) is 0 Å². The van der Waals surface area contributed by atoms with Gasteiger partial charge in [0.25, 0.3) is 0 Å². The fraction of sp³-hybridized carbons (Fsp3) is 0.231. The van der Waals surface area contributed by atoms with E-state index in [0.717, 1.165) is 40.1 Å². The van der Waals surface area contributed by atoms with Crippen LogP contribution in [-0.4, -0.2) is 37.1 Å². The Morgan fingerprint density at radius 2 is 1.90 bits per heavy atom. The number of anilines is 1. The Kier molecular flexibility index (Phi) is 4.94. The zero-order valence-corrected chi connectivity index (χ0v) is 18.7. The van der Waals surface area contributed by atoms with Gasteiger partial charge in [0.1, 0.15) is 0 Å². The Morgan fingerprint density at radius 3 is 2.68 bits per heavy atom. The quantitative estimate of drug-likeness (QED) is 0.643. The molecule has 0 saturated carbocycles. The minimum absolute atomic E-state index is 0.0863. The number of carbonyl (C=O) groups excluding carboxylic acids is 1. The van der Waals surface area contributed by atoms with Gasteiger partial charge in [0.05, 0.1) is 0 Å². The normalized spacial score (nSPS) is 17.4. The monoisotopic (exact) mass is 455 g/mol. The summed E-state index contributed by atoms with van der Waals surface area (Å²) in [5, 5.41) is 0. The fourth-order valence-corrected chi connectivity index (χ4v) is 4.81. The van der Waals surface area contributed by atoms with E-state index in [1.807, 2.05) is 44.3 Å². The second kappa shape index (κ2) is 7.65. The molecule has 0 spiro atoms. The molecular formula is C26H23NNiO3. The summed E-state index contributed by atoms with van der Waals surface area (Å²) in [6.45, 7) is 5.77. The second-order valence-electron chi connectivity index (χ2n) is 7.82. The number of likely N-dealkylation sites (N-methyl/N-ethyl adjacent to an activating group) is 1. The summed E-state index contributed by atoms with van der Waals surface area (Å²) in [5.41, 5.74) is 7.07. The molecule has 0 fully saturated rings. The summed E-state index contributed by atoms with van der Waals surface area (Å²) in [6.07, 6.45) is 3.84. The Hall–Kier alpha value is -2.91. The molecule has 0 saturated heterocycles. The van der Waals surface area contributed by atoms with Gasteiger partial charge in [-0.3, -0.25) is 0 Å². The zero-order chi connectivity index (χ0) is 21.7. The van der Waals surface area contributed by atoms with Crippen LogP contribution in [0.4, 0.5) is 5.69 Å². The van der Waals surface area contributed by atoms with Crippen LogP contribution in [0.5, 0.6) is 5.75 Å². The third kappa shape index (κ3) is 3.03. The molecule has 0 atom stereocenters. The van der Waals surface area contributed by atoms with Crippen LogP contribution in [0.3, 0.4) is 0 Å². The van der Waals surface area contributed by atoms with Crippen molar-refractivity contribution in [3.8, 4) is 5.75 Å². The van der Waals surface area contributed by atoms with E-state index in [2.05, 4.69) is 30.0 Å². The van der Waals surface area contributed by atoms with E-state index in [0.29, 0.717) is 40.3 Å². The minimum atomic E-state index is -0.0863. The van der Waals surface area contributed by atoms with Crippen LogP contribution < -0.4 is 9.64 Å². The number of hydrogen-bond donors (Lipinski definition) is 0. The summed E-state index contributed by atoms with van der Waals surface area (Å²) in [6, 6.07) is 12.3. The van der Waals surface area contributed by atoms with E-state index in [4.69, 9.17) is 24.5 Å². The third-order valence-electron chi connectivity index (χ3n) is 6.00. The Bertz CT molecular complexity index is 1240. The summed E-state index contributed by atoms with van der Waals surface area (Å²) in [4.78, 5) is 16.1. The molecule has 2 aromatic carbocycles. The first kappa shape index (κ1) is 20.0. The SMILES string of the molecule is CCOC1=C2C(=O)c3c(ccc4c3OCCN4C)C(c3ccccc3C)=C2C=C[C]1=[Ni]. The number of hydrogen-bond acceptors (Lipinski definition) is 4. The van der Waals surface area contributed by atoms with Gasteiger partial charge >= 0.3 is 190 Å². The van der Waals surface area contributed by atoms with E-state index in [-0.39, 0.29) is 5.78 Å². The van der Waals surface area contributed by atoms with Crippen molar-refractivity contribution in [2.45, 2.75) is 13.8 Å². The molecule has 0 amide bonds. The van der Waals surface area contributed by atoms with Crippen LogP contribution in [0.25, 0.3) is 5.57 Å². The Balaban J connectivity index is 1.91. The first-order valence-electron chi connectivity index (χ1n) is 10.4. The molecule has 0 bridgehead atoms. The standard InChI is InChI=1S/C26H23NO3.Ni/c1-4-29-21-11-7-10-18-22(17-9-6-5-8-16(17)2)19-12-13-20-26(30-15-14-27(20)3)24(19)25(28)23(18)21;/h5-10,12-13H,4,14-15H2,1-3H3;. The first-order valence-corrected chi connectivity index (χ1v) is 10.9. The van der Waals surface area contributed by atoms with Crippen molar-refractivity contribution in [2.75, 3.05) is 31.7 Å². The second-order valence-corrected chi connectivity index (χ2v) is 8.36. The average Bonchev–Trinajstić information content (AvgIpc) is 2.76. The molecule has 0 unspecified atom stereocenters. The van der Waals surface area contributed by atoms with Gasteiger partial charge in [0.15, 0.2) is 0 Å². The first-order chi connectivity index (χ1) is 15.0. The molecule has 0 aromatic heterocycles. The van der Waals surface area contributed by atoms with E-state index in [9.17, 15) is 4.79 Å². The summed E-state index contributed by atoms with van der Waals surface area (Å²) in [5.74, 6) is 1.06. The third-order valence-corrected chi connectivity index (χ3v) is 6.39. The molecule has 0 radical (unpaired) electrons. The predicted molar refractivity (Wildman–Crippen MR) is 120 cm³/mol. The number of nitrogens with zero attached hydrogens (tertiary/aromatic N) is 1. The molecule has 1 aliphatic heterocycles. The van der Waals surface area contributed by atoms with Gasteiger partial charge < -0.3 is 0 Å². The fourth-order valence-electron chi connectivity index (χ4n) is 4.53.